The van der Waals surface area contributed by atoms with Crippen LogP contribution in [0.25, 0.3) is 22.2 Å². The molecule has 0 amide bonds. The zero-order valence-electron chi connectivity index (χ0n) is 11.4. The van der Waals surface area contributed by atoms with Gasteiger partial charge in [-0.2, -0.15) is 5.10 Å². The summed E-state index contributed by atoms with van der Waals surface area (Å²) in [5.74, 6) is 0. The second kappa shape index (κ2) is 5.13. The molecule has 1 aliphatic heterocycles. The minimum atomic E-state index is 0.397. The normalized spacial score (nSPS) is 16.6. The van der Waals surface area contributed by atoms with E-state index < -0.39 is 0 Å². The van der Waals surface area contributed by atoms with Crippen LogP contribution >= 0.6 is 11.6 Å². The number of hydrogen-bond acceptors (Lipinski definition) is 4. The molecule has 0 spiro atoms. The van der Waals surface area contributed by atoms with Crippen molar-refractivity contribution in [2.75, 3.05) is 13.1 Å². The van der Waals surface area contributed by atoms with Crippen LogP contribution in [0, 0.1) is 0 Å². The molecule has 0 unspecified atom stereocenters. The zero-order chi connectivity index (χ0) is 14.2. The SMILES string of the molecule is Clc1cc2c(-c3cnn(C4CCNCC4)c3)c[nH]c2nn1. The van der Waals surface area contributed by atoms with Gasteiger partial charge in [-0.1, -0.05) is 11.6 Å². The van der Waals surface area contributed by atoms with Gasteiger partial charge >= 0.3 is 0 Å². The number of hydrogen-bond donors (Lipinski definition) is 2. The molecule has 3 aromatic heterocycles. The van der Waals surface area contributed by atoms with Crippen LogP contribution < -0.4 is 5.32 Å². The average Bonchev–Trinajstić information content (AvgIpc) is 3.14. The monoisotopic (exact) mass is 302 g/mol. The smallest absolute Gasteiger partial charge is 0.160 e. The molecule has 1 saturated heterocycles. The Morgan fingerprint density at radius 1 is 1.24 bits per heavy atom. The Kier molecular flexibility index (Phi) is 3.12. The molecule has 1 fully saturated rings. The van der Waals surface area contributed by atoms with E-state index in [4.69, 9.17) is 11.6 Å². The molecule has 21 heavy (non-hydrogen) atoms. The minimum absolute atomic E-state index is 0.397. The zero-order valence-corrected chi connectivity index (χ0v) is 12.1. The summed E-state index contributed by atoms with van der Waals surface area (Å²) in [6.45, 7) is 2.11. The molecular formula is C14H15ClN6. The second-order valence-electron chi connectivity index (χ2n) is 5.32. The van der Waals surface area contributed by atoms with Gasteiger partial charge in [-0.25, -0.2) is 0 Å². The van der Waals surface area contributed by atoms with E-state index in [2.05, 4.69) is 36.5 Å². The first kappa shape index (κ1) is 12.8. The molecule has 4 heterocycles. The molecule has 108 valence electrons. The Labute approximate surface area is 126 Å². The maximum atomic E-state index is 5.95. The molecule has 4 rings (SSSR count). The van der Waals surface area contributed by atoms with E-state index in [0.29, 0.717) is 11.2 Å². The number of piperidine rings is 1. The van der Waals surface area contributed by atoms with Crippen molar-refractivity contribution in [2.45, 2.75) is 18.9 Å². The number of nitrogens with zero attached hydrogens (tertiary/aromatic N) is 4. The highest BCUT2D eigenvalue weighted by molar-refractivity contribution is 6.30. The molecule has 6 nitrogen and oxygen atoms in total. The Bertz CT molecular complexity index is 771. The van der Waals surface area contributed by atoms with Crippen LogP contribution in [0.15, 0.2) is 24.7 Å². The highest BCUT2D eigenvalue weighted by Crippen LogP contribution is 2.29. The van der Waals surface area contributed by atoms with Gasteiger partial charge in [0.15, 0.2) is 10.8 Å². The van der Waals surface area contributed by atoms with Gasteiger partial charge in [0.1, 0.15) is 0 Å². The molecule has 0 atom stereocenters. The summed E-state index contributed by atoms with van der Waals surface area (Å²) in [6, 6.07) is 2.31. The lowest BCUT2D eigenvalue weighted by Gasteiger charge is -2.22. The van der Waals surface area contributed by atoms with Gasteiger partial charge in [0.25, 0.3) is 0 Å². The Hall–Kier alpha value is -1.92. The summed E-state index contributed by atoms with van der Waals surface area (Å²) < 4.78 is 2.07. The first-order chi connectivity index (χ1) is 10.3. The van der Waals surface area contributed by atoms with E-state index in [9.17, 15) is 0 Å². The number of aromatic nitrogens is 5. The van der Waals surface area contributed by atoms with Crippen molar-refractivity contribution in [3.05, 3.63) is 29.8 Å². The first-order valence-electron chi connectivity index (χ1n) is 7.07. The fourth-order valence-corrected chi connectivity index (χ4v) is 3.03. The highest BCUT2D eigenvalue weighted by atomic mass is 35.5. The molecule has 0 aromatic carbocycles. The largest absolute Gasteiger partial charge is 0.344 e. The van der Waals surface area contributed by atoms with E-state index in [1.165, 1.54) is 0 Å². The third-order valence-corrected chi connectivity index (χ3v) is 4.19. The molecule has 3 aromatic rings. The van der Waals surface area contributed by atoms with Crippen LogP contribution in [0.5, 0.6) is 0 Å². The number of rotatable bonds is 2. The predicted octanol–water partition coefficient (Wildman–Crippen LogP) is 2.40. The molecule has 1 aliphatic rings. The van der Waals surface area contributed by atoms with Gasteiger partial charge < -0.3 is 10.3 Å². The van der Waals surface area contributed by atoms with Crippen LogP contribution in [0.4, 0.5) is 0 Å². The van der Waals surface area contributed by atoms with Crippen molar-refractivity contribution in [3.63, 3.8) is 0 Å². The Morgan fingerprint density at radius 2 is 2.10 bits per heavy atom. The van der Waals surface area contributed by atoms with Crippen LogP contribution in [0.1, 0.15) is 18.9 Å². The third-order valence-electron chi connectivity index (χ3n) is 4.00. The van der Waals surface area contributed by atoms with E-state index in [-0.39, 0.29) is 0 Å². The number of nitrogens with one attached hydrogen (secondary N) is 2. The fourth-order valence-electron chi connectivity index (χ4n) is 2.89. The maximum Gasteiger partial charge on any atom is 0.160 e. The van der Waals surface area contributed by atoms with Crippen LogP contribution in [-0.4, -0.2) is 38.1 Å². The molecule has 0 bridgehead atoms. The number of aromatic amines is 1. The minimum Gasteiger partial charge on any atom is -0.344 e. The summed E-state index contributed by atoms with van der Waals surface area (Å²) in [4.78, 5) is 3.12. The summed E-state index contributed by atoms with van der Waals surface area (Å²) in [5.41, 5.74) is 2.87. The predicted molar refractivity (Wildman–Crippen MR) is 81.3 cm³/mol. The standard InChI is InChI=1S/C14H15ClN6/c15-13-5-11-12(7-17-14(11)20-19-13)9-6-18-21(8-9)10-1-3-16-4-2-10/h5-8,10,16H,1-4H2,(H,17,20). The third kappa shape index (κ3) is 2.30. The Morgan fingerprint density at radius 3 is 2.95 bits per heavy atom. The summed E-state index contributed by atoms with van der Waals surface area (Å²) in [5, 5.41) is 17.2. The van der Waals surface area contributed by atoms with Gasteiger partial charge in [0.05, 0.1) is 12.2 Å². The summed E-state index contributed by atoms with van der Waals surface area (Å²) in [6.07, 6.45) is 8.17. The average molecular weight is 303 g/mol. The maximum absolute atomic E-state index is 5.95. The van der Waals surface area contributed by atoms with Crippen LogP contribution in [-0.2, 0) is 0 Å². The van der Waals surface area contributed by atoms with Crippen LogP contribution in [0.3, 0.4) is 0 Å². The van der Waals surface area contributed by atoms with Crippen molar-refractivity contribution in [1.29, 1.82) is 0 Å². The lowest BCUT2D eigenvalue weighted by molar-refractivity contribution is 0.343. The van der Waals surface area contributed by atoms with E-state index in [0.717, 1.165) is 48.1 Å². The topological polar surface area (TPSA) is 71.4 Å². The molecule has 7 heteroatoms. The van der Waals surface area contributed by atoms with Crippen molar-refractivity contribution < 1.29 is 0 Å². The summed E-state index contributed by atoms with van der Waals surface area (Å²) >= 11 is 5.95. The van der Waals surface area contributed by atoms with Gasteiger partial charge in [-0.15, -0.1) is 10.2 Å². The first-order valence-corrected chi connectivity index (χ1v) is 7.44. The number of fused-ring (bicyclic) bond motifs is 1. The van der Waals surface area contributed by atoms with Crippen molar-refractivity contribution in [2.24, 2.45) is 0 Å². The second-order valence-corrected chi connectivity index (χ2v) is 5.71. The lowest BCUT2D eigenvalue weighted by atomic mass is 10.1. The van der Waals surface area contributed by atoms with Gasteiger partial charge in [0.2, 0.25) is 0 Å². The van der Waals surface area contributed by atoms with E-state index >= 15 is 0 Å². The van der Waals surface area contributed by atoms with Crippen molar-refractivity contribution in [1.82, 2.24) is 30.3 Å². The van der Waals surface area contributed by atoms with E-state index in [1.807, 2.05) is 18.5 Å². The Balaban J connectivity index is 1.72. The van der Waals surface area contributed by atoms with E-state index in [1.54, 1.807) is 0 Å². The summed E-state index contributed by atoms with van der Waals surface area (Å²) in [7, 11) is 0. The van der Waals surface area contributed by atoms with Gasteiger partial charge in [0, 0.05) is 28.9 Å². The van der Waals surface area contributed by atoms with Crippen molar-refractivity contribution >= 4 is 22.6 Å². The number of H-pyrrole nitrogens is 1. The molecule has 2 N–H and O–H groups in total. The molecule has 0 saturated carbocycles. The van der Waals surface area contributed by atoms with Crippen molar-refractivity contribution in [3.8, 4) is 11.1 Å². The molecule has 0 aliphatic carbocycles. The van der Waals surface area contributed by atoms with Crippen LogP contribution in [0.2, 0.25) is 5.15 Å². The van der Waals surface area contributed by atoms with Gasteiger partial charge in [-0.3, -0.25) is 4.68 Å². The lowest BCUT2D eigenvalue weighted by Crippen LogP contribution is -2.29. The molecular weight excluding hydrogens is 288 g/mol. The molecule has 0 radical (unpaired) electrons. The highest BCUT2D eigenvalue weighted by Gasteiger charge is 2.17. The van der Waals surface area contributed by atoms with Gasteiger partial charge in [-0.05, 0) is 32.0 Å². The number of halogens is 1. The quantitative estimate of drug-likeness (QED) is 0.762. The fraction of sp³-hybridized carbons (Fsp3) is 0.357.